The van der Waals surface area contributed by atoms with Crippen LogP contribution in [0.5, 0.6) is 0 Å². The summed E-state index contributed by atoms with van der Waals surface area (Å²) in [5.41, 5.74) is -1.60. The van der Waals surface area contributed by atoms with E-state index in [0.29, 0.717) is 3.45 Å². The highest BCUT2D eigenvalue weighted by Gasteiger charge is 2.26. The second kappa shape index (κ2) is 4.06. The molecule has 0 aliphatic rings. The molecule has 0 aliphatic heterocycles. The molecule has 0 bridgehead atoms. The lowest BCUT2D eigenvalue weighted by atomic mass is 10.1. The maximum absolute atomic E-state index is 10.9. The van der Waals surface area contributed by atoms with Gasteiger partial charge in [-0.25, -0.2) is 4.79 Å². The van der Waals surface area contributed by atoms with Crippen LogP contribution in [0.25, 0.3) is 0 Å². The molecule has 0 heterocycles. The normalized spacial score (nSPS) is 10.8. The van der Waals surface area contributed by atoms with Crippen LogP contribution in [-0.4, -0.2) is 26.1 Å². The van der Waals surface area contributed by atoms with E-state index in [1.165, 1.54) is 13.8 Å². The second-order valence-electron chi connectivity index (χ2n) is 2.55. The van der Waals surface area contributed by atoms with Gasteiger partial charge in [0.25, 0.3) is 5.91 Å². The van der Waals surface area contributed by atoms with Crippen molar-refractivity contribution in [2.45, 2.75) is 19.4 Å². The lowest BCUT2D eigenvalue weighted by molar-refractivity contribution is -0.135. The van der Waals surface area contributed by atoms with Gasteiger partial charge >= 0.3 is 6.03 Å². The Morgan fingerprint density at radius 2 is 2.00 bits per heavy atom. The number of carbonyl (C=O) groups excluding carboxylic acids is 2. The van der Waals surface area contributed by atoms with Gasteiger partial charge in [0, 0.05) is 11.8 Å². The van der Waals surface area contributed by atoms with Crippen molar-refractivity contribution in [3.8, 4) is 0 Å². The number of hydrogen-bond donors (Lipinski definition) is 2. The molecule has 0 saturated heterocycles. The number of nitrogens with zero attached hydrogens (tertiary/aromatic N) is 1. The summed E-state index contributed by atoms with van der Waals surface area (Å²) < 4.78 is 0.497. The zero-order valence-electron chi connectivity index (χ0n) is 6.47. The predicted molar refractivity (Wildman–Crippen MR) is 46.5 cm³/mol. The highest BCUT2D eigenvalue weighted by Crippen LogP contribution is 2.04. The van der Waals surface area contributed by atoms with Crippen LogP contribution < -0.4 is 5.32 Å². The largest absolute Gasteiger partial charge is 0.381 e. The first-order valence-electron chi connectivity index (χ1n) is 2.94. The highest BCUT2D eigenvalue weighted by molar-refractivity contribution is 9.08. The molecule has 0 spiro atoms. The maximum atomic E-state index is 10.9. The fourth-order valence-corrected chi connectivity index (χ4v) is 0.423. The minimum atomic E-state index is -1.60. The van der Waals surface area contributed by atoms with Gasteiger partial charge in [-0.2, -0.15) is 3.45 Å². The molecule has 0 saturated carbocycles. The number of hydrogen-bond acceptors (Lipinski definition) is 3. The molecule has 0 fully saturated rings. The average molecular weight is 259 g/mol. The highest BCUT2D eigenvalue weighted by atomic mass is 79.9. The number of nitrogens with one attached hydrogen (secondary N) is 1. The Morgan fingerprint density at radius 1 is 1.58 bits per heavy atom. The van der Waals surface area contributed by atoms with Gasteiger partial charge in [0.2, 0.25) is 0 Å². The van der Waals surface area contributed by atoms with Crippen molar-refractivity contribution in [3.05, 3.63) is 0 Å². The van der Waals surface area contributed by atoms with Crippen molar-refractivity contribution < 1.29 is 14.7 Å². The summed E-state index contributed by atoms with van der Waals surface area (Å²) in [6.45, 7) is 2.50. The van der Waals surface area contributed by atoms with Gasteiger partial charge in [-0.1, -0.05) is 0 Å². The molecule has 12 heavy (non-hydrogen) atoms. The Morgan fingerprint density at radius 3 is 2.25 bits per heavy atom. The first-order valence-corrected chi connectivity index (χ1v) is 3.99. The first kappa shape index (κ1) is 11.7. The fraction of sp³-hybridized carbons (Fsp3) is 0.600. The Labute approximate surface area is 83.1 Å². The van der Waals surface area contributed by atoms with E-state index in [2.05, 4.69) is 16.1 Å². The number of halogens is 2. The van der Waals surface area contributed by atoms with E-state index in [4.69, 9.17) is 16.9 Å². The van der Waals surface area contributed by atoms with E-state index in [1.807, 2.05) is 5.32 Å². The molecule has 0 atom stereocenters. The molecule has 0 aromatic rings. The lowest BCUT2D eigenvalue weighted by Crippen LogP contribution is -2.46. The van der Waals surface area contributed by atoms with Crippen molar-refractivity contribution >= 4 is 39.9 Å². The van der Waals surface area contributed by atoms with Crippen LogP contribution in [-0.2, 0) is 4.79 Å². The molecule has 0 aliphatic carbocycles. The minimum Gasteiger partial charge on any atom is -0.381 e. The topological polar surface area (TPSA) is 69.6 Å². The number of rotatable bonds is 1. The summed E-state index contributed by atoms with van der Waals surface area (Å²) in [6, 6.07) is -0.858. The van der Waals surface area contributed by atoms with Crippen molar-refractivity contribution in [1.82, 2.24) is 8.76 Å². The van der Waals surface area contributed by atoms with Gasteiger partial charge in [-0.15, -0.1) is 0 Å². The van der Waals surface area contributed by atoms with E-state index >= 15 is 0 Å². The van der Waals surface area contributed by atoms with Gasteiger partial charge in [-0.05, 0) is 13.8 Å². The third kappa shape index (κ3) is 3.89. The molecule has 2 N–H and O–H groups in total. The van der Waals surface area contributed by atoms with Crippen LogP contribution in [0.1, 0.15) is 13.8 Å². The van der Waals surface area contributed by atoms with Crippen molar-refractivity contribution in [3.63, 3.8) is 0 Å². The van der Waals surface area contributed by atoms with E-state index in [0.717, 1.165) is 0 Å². The van der Waals surface area contributed by atoms with Crippen molar-refractivity contribution in [2.75, 3.05) is 0 Å². The summed E-state index contributed by atoms with van der Waals surface area (Å²) >= 11 is 7.71. The Hall–Kier alpha value is -0.330. The van der Waals surface area contributed by atoms with Crippen LogP contribution in [0.4, 0.5) is 4.79 Å². The smallest absolute Gasteiger partial charge is 0.349 e. The quantitative estimate of drug-likeness (QED) is 0.683. The predicted octanol–water partition coefficient (Wildman–Crippen LogP) is 0.759. The third-order valence-corrected chi connectivity index (χ3v) is 1.41. The molecule has 0 aromatic heterocycles. The molecule has 7 heteroatoms. The third-order valence-electron chi connectivity index (χ3n) is 0.930. The number of aliphatic hydroxyl groups is 1. The van der Waals surface area contributed by atoms with Crippen LogP contribution >= 0.6 is 27.9 Å². The molecule has 0 unspecified atom stereocenters. The SMILES string of the molecule is CC(C)(O)C(=O)NC(=O)N(Cl)Br. The maximum Gasteiger partial charge on any atom is 0.349 e. The molecule has 5 nitrogen and oxygen atoms in total. The standard InChI is InChI=1S/C5H8BrClN2O3/c1-5(2,12)3(10)8-4(11)9(6)7/h12H,1-2H3,(H,8,10,11). The molecule has 70 valence electrons. The number of urea groups is 1. The Balaban J connectivity index is 4.12. The minimum absolute atomic E-state index is 0.497. The summed E-state index contributed by atoms with van der Waals surface area (Å²) in [6.07, 6.45) is 0. The zero-order chi connectivity index (χ0) is 9.94. The lowest BCUT2D eigenvalue weighted by Gasteiger charge is -2.16. The molecule has 0 rings (SSSR count). The van der Waals surface area contributed by atoms with Crippen LogP contribution in [0.3, 0.4) is 0 Å². The summed E-state index contributed by atoms with van der Waals surface area (Å²) in [5.74, 6) is -0.822. The van der Waals surface area contributed by atoms with E-state index in [-0.39, 0.29) is 0 Å². The van der Waals surface area contributed by atoms with Gasteiger partial charge in [0.05, 0.1) is 16.1 Å². The average Bonchev–Trinajstić information content (AvgIpc) is 1.85. The van der Waals surface area contributed by atoms with Gasteiger partial charge in [0.1, 0.15) is 5.60 Å². The summed E-state index contributed by atoms with van der Waals surface area (Å²) in [5, 5.41) is 10.9. The van der Waals surface area contributed by atoms with Crippen LogP contribution in [0, 0.1) is 0 Å². The molecule has 0 aromatic carbocycles. The van der Waals surface area contributed by atoms with Crippen LogP contribution in [0.15, 0.2) is 0 Å². The molecule has 3 amide bonds. The van der Waals surface area contributed by atoms with Crippen LogP contribution in [0.2, 0.25) is 0 Å². The van der Waals surface area contributed by atoms with E-state index in [1.54, 1.807) is 0 Å². The molecular weight excluding hydrogens is 251 g/mol. The first-order chi connectivity index (χ1) is 5.25. The zero-order valence-corrected chi connectivity index (χ0v) is 8.81. The van der Waals surface area contributed by atoms with Gasteiger partial charge in [0.15, 0.2) is 0 Å². The van der Waals surface area contributed by atoms with Gasteiger partial charge < -0.3 is 5.11 Å². The number of amides is 3. The van der Waals surface area contributed by atoms with Crippen molar-refractivity contribution in [2.24, 2.45) is 0 Å². The number of imide groups is 1. The Kier molecular flexibility index (Phi) is 3.95. The molecule has 0 radical (unpaired) electrons. The summed E-state index contributed by atoms with van der Waals surface area (Å²) in [7, 11) is 0. The van der Waals surface area contributed by atoms with Crippen molar-refractivity contribution in [1.29, 1.82) is 0 Å². The Bertz CT molecular complexity index is 201. The van der Waals surface area contributed by atoms with E-state index < -0.39 is 17.5 Å². The van der Waals surface area contributed by atoms with Gasteiger partial charge in [-0.3, -0.25) is 10.1 Å². The van der Waals surface area contributed by atoms with E-state index in [9.17, 15) is 9.59 Å². The fourth-order valence-electron chi connectivity index (χ4n) is 0.292. The monoisotopic (exact) mass is 258 g/mol. The second-order valence-corrected chi connectivity index (χ2v) is 4.01. The number of carbonyl (C=O) groups is 2. The summed E-state index contributed by atoms with van der Waals surface area (Å²) in [4.78, 5) is 21.6. The molecular formula is C5H8BrClN2O3.